The Bertz CT molecular complexity index is 973. The van der Waals surface area contributed by atoms with Crippen LogP contribution in [0.4, 0.5) is 14.4 Å². The number of carbonyl (C=O) groups is 3. The van der Waals surface area contributed by atoms with Crippen LogP contribution in [0.25, 0.3) is 0 Å². The lowest BCUT2D eigenvalue weighted by atomic mass is 9.88. The molecule has 0 spiro atoms. The van der Waals surface area contributed by atoms with Crippen LogP contribution in [0.1, 0.15) is 0 Å². The van der Waals surface area contributed by atoms with Crippen molar-refractivity contribution >= 4 is 18.3 Å². The molecule has 188 valence electrons. The van der Waals surface area contributed by atoms with E-state index in [4.69, 9.17) is 14.2 Å². The summed E-state index contributed by atoms with van der Waals surface area (Å²) in [5.74, 6) is 0.996. The first kappa shape index (κ1) is 26.0. The molecule has 3 amide bonds. The number of hydrogen-bond acceptors (Lipinski definition) is 7. The van der Waals surface area contributed by atoms with Crippen molar-refractivity contribution in [2.24, 2.45) is 5.41 Å². The van der Waals surface area contributed by atoms with Crippen molar-refractivity contribution in [3.63, 3.8) is 0 Å². The van der Waals surface area contributed by atoms with Crippen molar-refractivity contribution in [1.29, 1.82) is 0 Å². The molecule has 3 aromatic rings. The highest BCUT2D eigenvalue weighted by Gasteiger charge is 2.32. The predicted molar refractivity (Wildman–Crippen MR) is 131 cm³/mol. The smallest absolute Gasteiger partial charge is 0.410 e. The largest absolute Gasteiger partial charge is 0.412 e. The molecule has 0 unspecified atom stereocenters. The zero-order valence-electron chi connectivity index (χ0n) is 19.4. The minimum absolute atomic E-state index is 0.146. The molecule has 0 heterocycles. The Morgan fingerprint density at radius 1 is 0.556 bits per heavy atom. The Morgan fingerprint density at radius 2 is 0.833 bits per heavy atom. The van der Waals surface area contributed by atoms with Gasteiger partial charge in [-0.05, 0) is 36.4 Å². The summed E-state index contributed by atoms with van der Waals surface area (Å²) >= 11 is 0. The topological polar surface area (TPSA) is 135 Å². The Labute approximate surface area is 208 Å². The first-order valence-corrected chi connectivity index (χ1v) is 11.1. The second-order valence-corrected chi connectivity index (χ2v) is 7.83. The number of para-hydroxylation sites is 3. The SMILES string of the molecule is O=C(NCC(CO)(CNC(=O)Oc1ccccc1)CNC(=O)Oc1ccccc1)Oc1ccccc1. The summed E-state index contributed by atoms with van der Waals surface area (Å²) in [5, 5.41) is 17.9. The van der Waals surface area contributed by atoms with Gasteiger partial charge < -0.3 is 35.3 Å². The summed E-state index contributed by atoms with van der Waals surface area (Å²) in [6.45, 7) is -0.943. The fraction of sp³-hybridized carbons (Fsp3) is 0.192. The summed E-state index contributed by atoms with van der Waals surface area (Å²) in [6.07, 6.45) is -2.30. The summed E-state index contributed by atoms with van der Waals surface area (Å²) in [7, 11) is 0. The highest BCUT2D eigenvalue weighted by molar-refractivity contribution is 5.72. The number of rotatable bonds is 10. The second kappa shape index (κ2) is 13.4. The van der Waals surface area contributed by atoms with E-state index in [-0.39, 0.29) is 19.6 Å². The molecule has 0 fully saturated rings. The van der Waals surface area contributed by atoms with E-state index in [2.05, 4.69) is 16.0 Å². The third-order valence-electron chi connectivity index (χ3n) is 5.02. The highest BCUT2D eigenvalue weighted by Crippen LogP contribution is 2.16. The van der Waals surface area contributed by atoms with Gasteiger partial charge in [0.2, 0.25) is 0 Å². The molecule has 0 bridgehead atoms. The lowest BCUT2D eigenvalue weighted by Gasteiger charge is -2.32. The van der Waals surface area contributed by atoms with E-state index in [1.807, 2.05) is 0 Å². The summed E-state index contributed by atoms with van der Waals surface area (Å²) in [5.41, 5.74) is -1.21. The van der Waals surface area contributed by atoms with E-state index in [0.29, 0.717) is 17.2 Å². The Balaban J connectivity index is 1.62. The maximum absolute atomic E-state index is 12.3. The van der Waals surface area contributed by atoms with Crippen LogP contribution in [0.5, 0.6) is 17.2 Å². The number of amides is 3. The molecule has 0 atom stereocenters. The summed E-state index contributed by atoms with van der Waals surface area (Å²) in [4.78, 5) is 36.9. The Morgan fingerprint density at radius 3 is 1.08 bits per heavy atom. The summed E-state index contributed by atoms with van der Waals surface area (Å²) in [6, 6.07) is 25.3. The number of ether oxygens (including phenoxy) is 3. The van der Waals surface area contributed by atoms with Crippen LogP contribution in [0.15, 0.2) is 91.0 Å². The number of hydrogen-bond donors (Lipinski definition) is 4. The molecule has 0 radical (unpaired) electrons. The third kappa shape index (κ3) is 8.65. The lowest BCUT2D eigenvalue weighted by Crippen LogP contribution is -2.54. The molecule has 36 heavy (non-hydrogen) atoms. The fourth-order valence-corrected chi connectivity index (χ4v) is 3.03. The molecular weight excluding hydrogens is 466 g/mol. The van der Waals surface area contributed by atoms with Gasteiger partial charge in [-0.2, -0.15) is 0 Å². The van der Waals surface area contributed by atoms with Crippen LogP contribution in [-0.2, 0) is 0 Å². The maximum Gasteiger partial charge on any atom is 0.412 e. The molecule has 0 saturated heterocycles. The predicted octanol–water partition coefficient (Wildman–Crippen LogP) is 3.33. The van der Waals surface area contributed by atoms with Gasteiger partial charge in [-0.15, -0.1) is 0 Å². The van der Waals surface area contributed by atoms with Gasteiger partial charge in [-0.1, -0.05) is 54.6 Å². The van der Waals surface area contributed by atoms with E-state index in [0.717, 1.165) is 0 Å². The van der Waals surface area contributed by atoms with Gasteiger partial charge in [0, 0.05) is 25.0 Å². The van der Waals surface area contributed by atoms with Crippen LogP contribution in [0.3, 0.4) is 0 Å². The first-order chi connectivity index (χ1) is 17.5. The van der Waals surface area contributed by atoms with Crippen molar-refractivity contribution < 1.29 is 33.7 Å². The highest BCUT2D eigenvalue weighted by atomic mass is 16.6. The fourth-order valence-electron chi connectivity index (χ4n) is 3.03. The van der Waals surface area contributed by atoms with Gasteiger partial charge in [0.15, 0.2) is 0 Å². The number of carbonyl (C=O) groups excluding carboxylic acids is 3. The quantitative estimate of drug-likeness (QED) is 0.340. The van der Waals surface area contributed by atoms with Crippen molar-refractivity contribution in [3.05, 3.63) is 91.0 Å². The van der Waals surface area contributed by atoms with E-state index in [9.17, 15) is 19.5 Å². The molecule has 10 heteroatoms. The monoisotopic (exact) mass is 493 g/mol. The van der Waals surface area contributed by atoms with E-state index in [1.165, 1.54) is 0 Å². The third-order valence-corrected chi connectivity index (χ3v) is 5.02. The minimum Gasteiger partial charge on any atom is -0.410 e. The van der Waals surface area contributed by atoms with Crippen LogP contribution < -0.4 is 30.2 Å². The van der Waals surface area contributed by atoms with Gasteiger partial charge >= 0.3 is 18.3 Å². The Kier molecular flexibility index (Phi) is 9.66. The first-order valence-electron chi connectivity index (χ1n) is 11.1. The van der Waals surface area contributed by atoms with Gasteiger partial charge in [0.05, 0.1) is 6.61 Å². The molecule has 0 saturated carbocycles. The number of benzene rings is 3. The van der Waals surface area contributed by atoms with Crippen molar-refractivity contribution in [2.75, 3.05) is 26.2 Å². The second-order valence-electron chi connectivity index (χ2n) is 7.83. The number of nitrogens with one attached hydrogen (secondary N) is 3. The van der Waals surface area contributed by atoms with Gasteiger partial charge in [-0.3, -0.25) is 0 Å². The molecule has 10 nitrogen and oxygen atoms in total. The van der Waals surface area contributed by atoms with Crippen LogP contribution in [0, 0.1) is 5.41 Å². The standard InChI is InChI=1S/C26H27N3O7/c30-19-26(16-27-23(31)34-20-10-4-1-5-11-20,17-28-24(32)35-21-12-6-2-7-13-21)18-29-25(33)36-22-14-8-3-9-15-22/h1-15,30H,16-19H2,(H,27,31)(H,28,32)(H,29,33). The molecule has 3 rings (SSSR count). The normalized spacial score (nSPS) is 10.6. The Hall–Kier alpha value is -4.57. The molecular formula is C26H27N3O7. The van der Waals surface area contributed by atoms with E-state index >= 15 is 0 Å². The zero-order chi connectivity index (χ0) is 25.6. The van der Waals surface area contributed by atoms with Crippen LogP contribution in [0.2, 0.25) is 0 Å². The minimum atomic E-state index is -1.21. The van der Waals surface area contributed by atoms with Gasteiger partial charge in [0.1, 0.15) is 17.2 Å². The lowest BCUT2D eigenvalue weighted by molar-refractivity contribution is 0.112. The van der Waals surface area contributed by atoms with Crippen LogP contribution >= 0.6 is 0 Å². The van der Waals surface area contributed by atoms with Crippen molar-refractivity contribution in [1.82, 2.24) is 16.0 Å². The van der Waals surface area contributed by atoms with Crippen molar-refractivity contribution in [3.8, 4) is 17.2 Å². The molecule has 4 N–H and O–H groups in total. The maximum atomic E-state index is 12.3. The molecule has 0 aromatic heterocycles. The average molecular weight is 494 g/mol. The zero-order valence-corrected chi connectivity index (χ0v) is 19.4. The van der Waals surface area contributed by atoms with E-state index in [1.54, 1.807) is 91.0 Å². The molecule has 3 aromatic carbocycles. The van der Waals surface area contributed by atoms with Gasteiger partial charge in [-0.25, -0.2) is 14.4 Å². The average Bonchev–Trinajstić information content (AvgIpc) is 2.90. The van der Waals surface area contributed by atoms with E-state index < -0.39 is 30.3 Å². The number of aliphatic hydroxyl groups excluding tert-OH is 1. The molecule has 0 aliphatic carbocycles. The summed E-state index contributed by atoms with van der Waals surface area (Å²) < 4.78 is 15.6. The molecule has 0 aliphatic rings. The van der Waals surface area contributed by atoms with Gasteiger partial charge in [0.25, 0.3) is 0 Å². The molecule has 0 aliphatic heterocycles. The van der Waals surface area contributed by atoms with Crippen LogP contribution in [-0.4, -0.2) is 49.6 Å². The number of aliphatic hydroxyl groups is 1. The van der Waals surface area contributed by atoms with Crippen molar-refractivity contribution in [2.45, 2.75) is 0 Å².